The molecule has 2 nitrogen and oxygen atoms in total. The number of piperidine rings is 1. The van der Waals surface area contributed by atoms with Gasteiger partial charge in [0.05, 0.1) is 0 Å². The molecular formula is C24H35FN2. The fraction of sp³-hybridized carbons (Fsp3) is 0.667. The van der Waals surface area contributed by atoms with Crippen LogP contribution in [0.1, 0.15) is 76.2 Å². The summed E-state index contributed by atoms with van der Waals surface area (Å²) in [4.78, 5) is 2.71. The highest BCUT2D eigenvalue weighted by Gasteiger charge is 2.25. The predicted octanol–water partition coefficient (Wildman–Crippen LogP) is 6.34. The second kappa shape index (κ2) is 8.77. The number of aromatic nitrogens is 1. The number of benzene rings is 1. The smallest absolute Gasteiger partial charge is 0.123 e. The van der Waals surface area contributed by atoms with Crippen molar-refractivity contribution < 1.29 is 4.39 Å². The first-order valence-electron chi connectivity index (χ1n) is 11.2. The third-order valence-electron chi connectivity index (χ3n) is 6.98. The molecule has 27 heavy (non-hydrogen) atoms. The van der Waals surface area contributed by atoms with Crippen LogP contribution in [0.2, 0.25) is 0 Å². The molecule has 2 aromatic rings. The van der Waals surface area contributed by atoms with Crippen LogP contribution in [0.15, 0.2) is 24.4 Å². The standard InChI is InChI=1S/C24H35FN2/c1-2-27-18-23(22-16-21(25)10-11-24(22)27)20-12-14-26(15-13-20)17-19-8-6-4-3-5-7-9-19/h10-11,16,18-20H,2-9,12-15,17H2,1H3. The highest BCUT2D eigenvalue weighted by molar-refractivity contribution is 5.84. The molecule has 0 N–H and O–H groups in total. The quantitative estimate of drug-likeness (QED) is 0.609. The van der Waals surface area contributed by atoms with Crippen molar-refractivity contribution >= 4 is 10.9 Å². The summed E-state index contributed by atoms with van der Waals surface area (Å²) < 4.78 is 16.1. The van der Waals surface area contributed by atoms with Crippen molar-refractivity contribution in [3.63, 3.8) is 0 Å². The molecule has 0 amide bonds. The lowest BCUT2D eigenvalue weighted by Crippen LogP contribution is -2.36. The van der Waals surface area contributed by atoms with Crippen LogP contribution in [0.25, 0.3) is 10.9 Å². The van der Waals surface area contributed by atoms with E-state index in [1.165, 1.54) is 88.5 Å². The van der Waals surface area contributed by atoms with Gasteiger partial charge < -0.3 is 9.47 Å². The maximum Gasteiger partial charge on any atom is 0.123 e. The molecule has 0 radical (unpaired) electrons. The van der Waals surface area contributed by atoms with E-state index in [-0.39, 0.29) is 5.82 Å². The number of hydrogen-bond acceptors (Lipinski definition) is 1. The number of hydrogen-bond donors (Lipinski definition) is 0. The third kappa shape index (κ3) is 4.39. The second-order valence-electron chi connectivity index (χ2n) is 8.82. The van der Waals surface area contributed by atoms with Gasteiger partial charge in [-0.05, 0) is 81.3 Å². The first-order chi connectivity index (χ1) is 13.2. The minimum Gasteiger partial charge on any atom is -0.347 e. The van der Waals surface area contributed by atoms with Crippen LogP contribution in [0.3, 0.4) is 0 Å². The Morgan fingerprint density at radius 1 is 0.963 bits per heavy atom. The third-order valence-corrected chi connectivity index (χ3v) is 6.98. The van der Waals surface area contributed by atoms with Gasteiger partial charge in [-0.25, -0.2) is 4.39 Å². The Morgan fingerprint density at radius 3 is 2.37 bits per heavy atom. The van der Waals surface area contributed by atoms with Crippen molar-refractivity contribution in [2.75, 3.05) is 19.6 Å². The predicted molar refractivity (Wildman–Crippen MR) is 112 cm³/mol. The van der Waals surface area contributed by atoms with Gasteiger partial charge in [-0.3, -0.25) is 0 Å². The van der Waals surface area contributed by atoms with Crippen molar-refractivity contribution in [3.8, 4) is 0 Å². The molecular weight excluding hydrogens is 335 g/mol. The summed E-state index contributed by atoms with van der Waals surface area (Å²) in [5.74, 6) is 1.38. The first-order valence-corrected chi connectivity index (χ1v) is 11.2. The summed E-state index contributed by atoms with van der Waals surface area (Å²) in [6.45, 7) is 6.83. The number of aryl methyl sites for hydroxylation is 1. The number of fused-ring (bicyclic) bond motifs is 1. The van der Waals surface area contributed by atoms with Gasteiger partial charge in [0.25, 0.3) is 0 Å². The lowest BCUT2D eigenvalue weighted by molar-refractivity contribution is 0.169. The molecule has 0 atom stereocenters. The molecule has 1 aromatic carbocycles. The molecule has 0 bridgehead atoms. The summed E-state index contributed by atoms with van der Waals surface area (Å²) in [6, 6.07) is 5.29. The zero-order valence-electron chi connectivity index (χ0n) is 16.9. The monoisotopic (exact) mass is 370 g/mol. The van der Waals surface area contributed by atoms with Crippen molar-refractivity contribution in [1.82, 2.24) is 9.47 Å². The maximum absolute atomic E-state index is 13.9. The zero-order valence-corrected chi connectivity index (χ0v) is 16.9. The van der Waals surface area contributed by atoms with E-state index in [4.69, 9.17) is 0 Å². The van der Waals surface area contributed by atoms with Crippen LogP contribution in [0.4, 0.5) is 4.39 Å². The number of rotatable bonds is 4. The topological polar surface area (TPSA) is 8.17 Å². The molecule has 1 saturated heterocycles. The van der Waals surface area contributed by atoms with E-state index in [2.05, 4.69) is 22.6 Å². The normalized spacial score (nSPS) is 21.4. The van der Waals surface area contributed by atoms with Crippen molar-refractivity contribution in [2.24, 2.45) is 5.92 Å². The van der Waals surface area contributed by atoms with Gasteiger partial charge in [0.15, 0.2) is 0 Å². The molecule has 1 aromatic heterocycles. The fourth-order valence-corrected chi connectivity index (χ4v) is 5.40. The van der Waals surface area contributed by atoms with Gasteiger partial charge in [0, 0.05) is 30.2 Å². The zero-order chi connectivity index (χ0) is 18.6. The van der Waals surface area contributed by atoms with E-state index in [9.17, 15) is 4.39 Å². The molecule has 148 valence electrons. The average Bonchev–Trinajstić information content (AvgIpc) is 3.02. The Labute approximate surface area is 163 Å². The van der Waals surface area contributed by atoms with Gasteiger partial charge in [-0.15, -0.1) is 0 Å². The van der Waals surface area contributed by atoms with Crippen molar-refractivity contribution in [3.05, 3.63) is 35.8 Å². The average molecular weight is 371 g/mol. The molecule has 0 spiro atoms. The molecule has 2 heterocycles. The van der Waals surface area contributed by atoms with E-state index >= 15 is 0 Å². The Morgan fingerprint density at radius 2 is 1.67 bits per heavy atom. The lowest BCUT2D eigenvalue weighted by atomic mass is 9.87. The summed E-state index contributed by atoms with van der Waals surface area (Å²) in [7, 11) is 0. The van der Waals surface area contributed by atoms with Crippen LogP contribution in [0.5, 0.6) is 0 Å². The number of likely N-dealkylation sites (tertiary alicyclic amines) is 1. The maximum atomic E-state index is 13.9. The molecule has 1 aliphatic heterocycles. The van der Waals surface area contributed by atoms with Crippen molar-refractivity contribution in [2.45, 2.75) is 77.2 Å². The Kier molecular flexibility index (Phi) is 6.17. The van der Waals surface area contributed by atoms with Gasteiger partial charge in [0.2, 0.25) is 0 Å². The molecule has 2 fully saturated rings. The highest BCUT2D eigenvalue weighted by atomic mass is 19.1. The summed E-state index contributed by atoms with van der Waals surface area (Å²) in [6.07, 6.45) is 14.8. The first kappa shape index (κ1) is 19.0. The van der Waals surface area contributed by atoms with Crippen LogP contribution in [-0.4, -0.2) is 29.1 Å². The van der Waals surface area contributed by atoms with E-state index < -0.39 is 0 Å². The fourth-order valence-electron chi connectivity index (χ4n) is 5.40. The van der Waals surface area contributed by atoms with E-state index in [0.29, 0.717) is 5.92 Å². The van der Waals surface area contributed by atoms with Crippen LogP contribution in [-0.2, 0) is 6.54 Å². The second-order valence-corrected chi connectivity index (χ2v) is 8.82. The van der Waals surface area contributed by atoms with Crippen molar-refractivity contribution in [1.29, 1.82) is 0 Å². The summed E-state index contributed by atoms with van der Waals surface area (Å²) in [5, 5.41) is 1.13. The molecule has 4 rings (SSSR count). The molecule has 1 aliphatic carbocycles. The van der Waals surface area contributed by atoms with Gasteiger partial charge >= 0.3 is 0 Å². The Bertz CT molecular complexity index is 734. The van der Waals surface area contributed by atoms with Crippen LogP contribution in [0, 0.1) is 11.7 Å². The van der Waals surface area contributed by atoms with E-state index in [0.717, 1.165) is 17.8 Å². The molecule has 2 aliphatic rings. The summed E-state index contributed by atoms with van der Waals surface area (Å²) >= 11 is 0. The van der Waals surface area contributed by atoms with E-state index in [1.54, 1.807) is 12.1 Å². The number of nitrogens with zero attached hydrogens (tertiary/aromatic N) is 2. The molecule has 1 saturated carbocycles. The molecule has 3 heteroatoms. The summed E-state index contributed by atoms with van der Waals surface area (Å²) in [5.41, 5.74) is 2.56. The van der Waals surface area contributed by atoms with Gasteiger partial charge in [-0.1, -0.05) is 32.1 Å². The molecule has 0 unspecified atom stereocenters. The van der Waals surface area contributed by atoms with E-state index in [1.807, 2.05) is 6.07 Å². The Hall–Kier alpha value is -1.35. The lowest BCUT2D eigenvalue weighted by Gasteiger charge is -2.35. The van der Waals surface area contributed by atoms with Crippen LogP contribution < -0.4 is 0 Å². The highest BCUT2D eigenvalue weighted by Crippen LogP contribution is 2.35. The largest absolute Gasteiger partial charge is 0.347 e. The van der Waals surface area contributed by atoms with Gasteiger partial charge in [-0.2, -0.15) is 0 Å². The number of halogens is 1. The van der Waals surface area contributed by atoms with Crippen LogP contribution >= 0.6 is 0 Å². The van der Waals surface area contributed by atoms with Gasteiger partial charge in [0.1, 0.15) is 5.82 Å². The Balaban J connectivity index is 1.40. The minimum atomic E-state index is -0.112. The SMILES string of the molecule is CCn1cc(C2CCN(CC3CCCCCCC3)CC2)c2cc(F)ccc21. The minimum absolute atomic E-state index is 0.112.